The number of nitrogens with two attached hydrogens (primary N) is 1. The molecule has 2 saturated heterocycles. The predicted octanol–water partition coefficient (Wildman–Crippen LogP) is 4.48. The average molecular weight is 515 g/mol. The highest BCUT2D eigenvalue weighted by atomic mass is 32.1. The molecule has 2 fully saturated rings. The molecule has 188 valence electrons. The smallest absolute Gasteiger partial charge is 0.364 e. The van der Waals surface area contributed by atoms with Gasteiger partial charge < -0.3 is 15.6 Å². The summed E-state index contributed by atoms with van der Waals surface area (Å²) in [4.78, 5) is 28.2. The zero-order chi connectivity index (χ0) is 25.1. The lowest BCUT2D eigenvalue weighted by molar-refractivity contribution is -0.126. The number of benzene rings is 1. The van der Waals surface area contributed by atoms with E-state index in [1.54, 1.807) is 6.07 Å². The van der Waals surface area contributed by atoms with Gasteiger partial charge in [0.1, 0.15) is 17.8 Å². The number of amides is 1. The number of rotatable bonds is 5. The largest absolute Gasteiger partial charge is 0.393 e. The molecule has 5 heterocycles. The average Bonchev–Trinajstić information content (AvgIpc) is 3.58. The van der Waals surface area contributed by atoms with Gasteiger partial charge >= 0.3 is 6.18 Å². The Morgan fingerprint density at radius 2 is 1.97 bits per heavy atom. The third-order valence-corrected chi connectivity index (χ3v) is 8.45. The van der Waals surface area contributed by atoms with E-state index in [4.69, 9.17) is 5.73 Å². The van der Waals surface area contributed by atoms with E-state index in [-0.39, 0.29) is 10.3 Å². The van der Waals surface area contributed by atoms with Crippen LogP contribution in [0.4, 0.5) is 19.0 Å². The van der Waals surface area contributed by atoms with Crippen molar-refractivity contribution in [2.75, 3.05) is 31.1 Å². The van der Waals surface area contributed by atoms with E-state index in [9.17, 15) is 18.0 Å². The number of primary amides is 1. The van der Waals surface area contributed by atoms with Crippen molar-refractivity contribution in [3.63, 3.8) is 0 Å². The van der Waals surface area contributed by atoms with E-state index in [2.05, 4.69) is 36.9 Å². The van der Waals surface area contributed by atoms with Crippen LogP contribution >= 0.6 is 11.3 Å². The first-order valence-corrected chi connectivity index (χ1v) is 12.7. The number of aromatic amines is 1. The van der Waals surface area contributed by atoms with Gasteiger partial charge in [0.2, 0.25) is 0 Å². The van der Waals surface area contributed by atoms with E-state index in [1.807, 2.05) is 6.07 Å². The van der Waals surface area contributed by atoms with Gasteiger partial charge in [-0.05, 0) is 43.1 Å². The number of hydrogen-bond donors (Lipinski definition) is 2. The molecule has 0 bridgehead atoms. The van der Waals surface area contributed by atoms with Crippen molar-refractivity contribution in [3.05, 3.63) is 52.8 Å². The number of aromatic nitrogens is 3. The number of hydrogen-bond acceptors (Lipinski definition) is 6. The number of carbonyl (C=O) groups excluding carboxylic acids is 1. The normalized spacial score (nSPS) is 20.9. The first-order valence-electron chi connectivity index (χ1n) is 11.9. The van der Waals surface area contributed by atoms with Crippen LogP contribution in [0.1, 0.15) is 33.8 Å². The fourth-order valence-corrected chi connectivity index (χ4v) is 6.83. The Balaban J connectivity index is 1.16. The summed E-state index contributed by atoms with van der Waals surface area (Å²) < 4.78 is 39.5. The number of H-pyrrole nitrogens is 1. The number of likely N-dealkylation sites (tertiary alicyclic amines) is 1. The number of fused-ring (bicyclic) bond motifs is 2. The van der Waals surface area contributed by atoms with Crippen LogP contribution in [0.3, 0.4) is 0 Å². The first-order chi connectivity index (χ1) is 17.2. The summed E-state index contributed by atoms with van der Waals surface area (Å²) in [7, 11) is 0. The van der Waals surface area contributed by atoms with Crippen LogP contribution in [0, 0.1) is 5.41 Å². The number of alkyl halides is 3. The Morgan fingerprint density at radius 1 is 1.14 bits per heavy atom. The molecule has 1 atom stereocenters. The zero-order valence-corrected chi connectivity index (χ0v) is 20.3. The quantitative estimate of drug-likeness (QED) is 0.410. The third-order valence-electron chi connectivity index (χ3n) is 7.33. The third kappa shape index (κ3) is 4.41. The predicted molar refractivity (Wildman–Crippen MR) is 133 cm³/mol. The Morgan fingerprint density at radius 3 is 2.78 bits per heavy atom. The zero-order valence-electron chi connectivity index (χ0n) is 19.4. The minimum atomic E-state index is -4.24. The Labute approximate surface area is 209 Å². The molecule has 2 aliphatic rings. The van der Waals surface area contributed by atoms with Crippen LogP contribution in [0.25, 0.3) is 21.1 Å². The summed E-state index contributed by atoms with van der Waals surface area (Å²) in [6.45, 7) is 4.41. The number of nitrogens with zero attached hydrogens (tertiary/aromatic N) is 4. The minimum Gasteiger partial charge on any atom is -0.364 e. The van der Waals surface area contributed by atoms with Crippen LogP contribution in [-0.2, 0) is 13.0 Å². The standard InChI is InChI=1S/C25H25F3N6OS/c26-25(27,28)10-17-9-19-21(36-17)23(31-14-30-19)34-6-4-24(13-34)3-5-33(12-24)11-15-1-2-16-8-20(22(29)35)32-18(16)7-15/h1-2,7-9,14,32H,3-6,10-13H2,(H2,29,35). The Bertz CT molecular complexity index is 1460. The van der Waals surface area contributed by atoms with Crippen molar-refractivity contribution >= 4 is 44.2 Å². The van der Waals surface area contributed by atoms with E-state index in [0.29, 0.717) is 11.2 Å². The van der Waals surface area contributed by atoms with Crippen LogP contribution in [0.5, 0.6) is 0 Å². The van der Waals surface area contributed by atoms with Crippen molar-refractivity contribution in [2.45, 2.75) is 32.0 Å². The van der Waals surface area contributed by atoms with Gasteiger partial charge in [-0.2, -0.15) is 13.2 Å². The van der Waals surface area contributed by atoms with Crippen LogP contribution in [-0.4, -0.2) is 58.1 Å². The highest BCUT2D eigenvalue weighted by Gasteiger charge is 2.44. The molecule has 1 amide bonds. The van der Waals surface area contributed by atoms with E-state index >= 15 is 0 Å². The van der Waals surface area contributed by atoms with Crippen molar-refractivity contribution in [1.82, 2.24) is 19.9 Å². The number of halogens is 3. The molecule has 36 heavy (non-hydrogen) atoms. The van der Waals surface area contributed by atoms with Gasteiger partial charge in [0.25, 0.3) is 5.91 Å². The maximum absolute atomic E-state index is 12.9. The number of thiophene rings is 1. The van der Waals surface area contributed by atoms with E-state index in [0.717, 1.165) is 78.3 Å². The molecular weight excluding hydrogens is 489 g/mol. The van der Waals surface area contributed by atoms with Crippen LogP contribution < -0.4 is 10.6 Å². The number of nitrogens with one attached hydrogen (secondary N) is 1. The minimum absolute atomic E-state index is 0.138. The summed E-state index contributed by atoms with van der Waals surface area (Å²) in [6, 6.07) is 9.46. The lowest BCUT2D eigenvalue weighted by atomic mass is 9.86. The Hall–Kier alpha value is -3.18. The fourth-order valence-electron chi connectivity index (χ4n) is 5.68. The molecule has 11 heteroatoms. The highest BCUT2D eigenvalue weighted by Crippen LogP contribution is 2.43. The van der Waals surface area contributed by atoms with Gasteiger partial charge in [-0.25, -0.2) is 9.97 Å². The van der Waals surface area contributed by atoms with Gasteiger partial charge in [-0.1, -0.05) is 12.1 Å². The maximum atomic E-state index is 12.9. The molecule has 1 aromatic carbocycles. The molecule has 3 aromatic heterocycles. The van der Waals surface area contributed by atoms with Crippen molar-refractivity contribution in [1.29, 1.82) is 0 Å². The summed E-state index contributed by atoms with van der Waals surface area (Å²) in [5.41, 5.74) is 8.58. The first kappa shape index (κ1) is 23.2. The molecule has 0 aliphatic carbocycles. The molecule has 0 saturated carbocycles. The van der Waals surface area contributed by atoms with Crippen LogP contribution in [0.2, 0.25) is 0 Å². The summed E-state index contributed by atoms with van der Waals surface area (Å²) in [5, 5.41) is 0.958. The summed E-state index contributed by atoms with van der Waals surface area (Å²) in [5.74, 6) is 0.274. The molecule has 6 rings (SSSR count). The molecule has 3 N–H and O–H groups in total. The molecule has 2 aliphatic heterocycles. The lowest BCUT2D eigenvalue weighted by Crippen LogP contribution is -2.31. The summed E-state index contributed by atoms with van der Waals surface area (Å²) >= 11 is 1.15. The summed E-state index contributed by atoms with van der Waals surface area (Å²) in [6.07, 6.45) is -1.64. The molecule has 7 nitrogen and oxygen atoms in total. The van der Waals surface area contributed by atoms with Gasteiger partial charge in [0.15, 0.2) is 0 Å². The fraction of sp³-hybridized carbons (Fsp3) is 0.400. The van der Waals surface area contributed by atoms with Gasteiger partial charge in [-0.15, -0.1) is 11.3 Å². The highest BCUT2D eigenvalue weighted by molar-refractivity contribution is 7.19. The second kappa shape index (κ2) is 8.45. The molecule has 0 radical (unpaired) electrons. The van der Waals surface area contributed by atoms with Crippen molar-refractivity contribution in [2.24, 2.45) is 11.1 Å². The van der Waals surface area contributed by atoms with E-state index in [1.165, 1.54) is 18.0 Å². The number of anilines is 1. The molecule has 4 aromatic rings. The SMILES string of the molecule is NC(=O)c1cc2ccc(CN3CCC4(CCN(c5ncnc6cc(CC(F)(F)F)sc56)C4)C3)cc2[nH]1. The van der Waals surface area contributed by atoms with Crippen molar-refractivity contribution < 1.29 is 18.0 Å². The van der Waals surface area contributed by atoms with Crippen LogP contribution in [0.15, 0.2) is 36.7 Å². The maximum Gasteiger partial charge on any atom is 0.393 e. The van der Waals surface area contributed by atoms with Gasteiger partial charge in [0.05, 0.1) is 16.6 Å². The second-order valence-corrected chi connectivity index (χ2v) is 11.2. The second-order valence-electron chi connectivity index (χ2n) is 10.0. The molecular formula is C25H25F3N6OS. The van der Waals surface area contributed by atoms with Crippen molar-refractivity contribution in [3.8, 4) is 0 Å². The molecule has 1 spiro atoms. The lowest BCUT2D eigenvalue weighted by Gasteiger charge is -2.25. The van der Waals surface area contributed by atoms with Gasteiger partial charge in [0, 0.05) is 47.4 Å². The van der Waals surface area contributed by atoms with E-state index < -0.39 is 18.5 Å². The monoisotopic (exact) mass is 514 g/mol. The Kier molecular flexibility index (Phi) is 5.45. The number of carbonyl (C=O) groups is 1. The molecule has 1 unspecified atom stereocenters. The van der Waals surface area contributed by atoms with Gasteiger partial charge in [-0.3, -0.25) is 9.69 Å². The topological polar surface area (TPSA) is 91.1 Å².